The van der Waals surface area contributed by atoms with Crippen LogP contribution in [0.2, 0.25) is 0 Å². The maximum Gasteiger partial charge on any atom is 0.334 e. The van der Waals surface area contributed by atoms with E-state index in [1.807, 2.05) is 4.98 Å². The van der Waals surface area contributed by atoms with Crippen molar-refractivity contribution >= 4 is 26.8 Å². The van der Waals surface area contributed by atoms with Gasteiger partial charge in [0.05, 0.1) is 6.20 Å². The molecule has 3 aromatic heterocycles. The van der Waals surface area contributed by atoms with E-state index in [2.05, 4.69) is 15.0 Å². The van der Waals surface area contributed by atoms with Gasteiger partial charge in [0.15, 0.2) is 15.8 Å². The predicted molar refractivity (Wildman–Crippen MR) is 65.8 cm³/mol. The number of aromatic nitrogens is 5. The Balaban J connectivity index is 2.39. The number of halogens is 1. The molecule has 0 aliphatic heterocycles. The number of nitrogens with zero attached hydrogens (tertiary/aromatic N) is 4. The Labute approximate surface area is 107 Å². The molecule has 3 N–H and O–H groups in total. The summed E-state index contributed by atoms with van der Waals surface area (Å²) in [7, 11) is 0. The molecule has 19 heavy (non-hydrogen) atoms. The van der Waals surface area contributed by atoms with Crippen molar-refractivity contribution in [3.05, 3.63) is 39.2 Å². The minimum absolute atomic E-state index is 0.0538. The van der Waals surface area contributed by atoms with E-state index in [0.29, 0.717) is 4.83 Å². The van der Waals surface area contributed by atoms with Crippen LogP contribution in [0.25, 0.3) is 16.2 Å². The van der Waals surface area contributed by atoms with E-state index < -0.39 is 17.1 Å². The van der Waals surface area contributed by atoms with Gasteiger partial charge in [0.25, 0.3) is 5.56 Å². The largest absolute Gasteiger partial charge is 0.375 e. The number of H-pyrrole nitrogens is 1. The first-order valence-electron chi connectivity index (χ1n) is 4.95. The quantitative estimate of drug-likeness (QED) is 0.628. The van der Waals surface area contributed by atoms with E-state index >= 15 is 0 Å². The number of nitrogen functional groups attached to an aromatic ring is 1. The molecule has 3 heterocycles. The zero-order valence-corrected chi connectivity index (χ0v) is 9.94. The van der Waals surface area contributed by atoms with E-state index in [0.717, 1.165) is 22.1 Å². The van der Waals surface area contributed by atoms with Gasteiger partial charge in [-0.15, -0.1) is 0 Å². The van der Waals surface area contributed by atoms with Crippen molar-refractivity contribution < 1.29 is 4.39 Å². The molecule has 96 valence electrons. The summed E-state index contributed by atoms with van der Waals surface area (Å²) in [6.45, 7) is 0. The highest BCUT2D eigenvalue weighted by Crippen LogP contribution is 2.24. The molecule has 3 aromatic rings. The first-order chi connectivity index (χ1) is 9.06. The highest BCUT2D eigenvalue weighted by molar-refractivity contribution is 7.21. The fraction of sp³-hybridized carbons (Fsp3) is 0. The molecule has 3 rings (SSSR count). The summed E-state index contributed by atoms with van der Waals surface area (Å²) < 4.78 is 14.1. The van der Waals surface area contributed by atoms with Gasteiger partial charge in [-0.2, -0.15) is 4.39 Å². The van der Waals surface area contributed by atoms with Gasteiger partial charge in [0.1, 0.15) is 11.8 Å². The fourth-order valence-corrected chi connectivity index (χ4v) is 2.21. The molecule has 0 aliphatic rings. The van der Waals surface area contributed by atoms with Gasteiger partial charge >= 0.3 is 5.69 Å². The zero-order valence-electron chi connectivity index (χ0n) is 9.12. The van der Waals surface area contributed by atoms with Crippen LogP contribution in [0.4, 0.5) is 9.52 Å². The molecule has 0 spiro atoms. The number of rotatable bonds is 1. The highest BCUT2D eigenvalue weighted by atomic mass is 32.1. The predicted octanol–water partition coefficient (Wildman–Crippen LogP) is -0.353. The number of anilines is 1. The van der Waals surface area contributed by atoms with Gasteiger partial charge < -0.3 is 5.73 Å². The summed E-state index contributed by atoms with van der Waals surface area (Å²) >= 11 is 1.11. The number of hydrogen-bond donors (Lipinski definition) is 2. The number of aromatic amines is 1. The van der Waals surface area contributed by atoms with Crippen LogP contribution in [0.5, 0.6) is 0 Å². The fourth-order valence-electron chi connectivity index (χ4n) is 1.54. The van der Waals surface area contributed by atoms with E-state index in [9.17, 15) is 14.0 Å². The van der Waals surface area contributed by atoms with Crippen LogP contribution in [0.15, 0.2) is 22.1 Å². The Morgan fingerprint density at radius 3 is 2.95 bits per heavy atom. The van der Waals surface area contributed by atoms with Crippen molar-refractivity contribution in [1.82, 2.24) is 24.5 Å². The number of hydrogen-bond acceptors (Lipinski definition) is 7. The van der Waals surface area contributed by atoms with E-state index in [1.165, 1.54) is 6.33 Å². The topological polar surface area (TPSA) is 120 Å². The average molecular weight is 280 g/mol. The Bertz CT molecular complexity index is 898. The van der Waals surface area contributed by atoms with Crippen molar-refractivity contribution in [2.45, 2.75) is 0 Å². The Morgan fingerprint density at radius 1 is 1.37 bits per heavy atom. The number of nitrogens with two attached hydrogens (primary N) is 1. The second-order valence-corrected chi connectivity index (χ2v) is 4.52. The maximum atomic E-state index is 13.3. The van der Waals surface area contributed by atoms with Gasteiger partial charge in [-0.3, -0.25) is 9.78 Å². The molecule has 0 saturated heterocycles. The van der Waals surface area contributed by atoms with Crippen LogP contribution in [0.3, 0.4) is 0 Å². The lowest BCUT2D eigenvalue weighted by Gasteiger charge is -2.03. The summed E-state index contributed by atoms with van der Waals surface area (Å²) in [5.41, 5.74) is 3.90. The molecule has 0 saturated carbocycles. The molecule has 10 heteroatoms. The van der Waals surface area contributed by atoms with Crippen LogP contribution in [-0.2, 0) is 0 Å². The molecule has 0 amide bonds. The highest BCUT2D eigenvalue weighted by Gasteiger charge is 2.13. The van der Waals surface area contributed by atoms with Crippen LogP contribution < -0.4 is 17.0 Å². The molecular weight excluding hydrogens is 275 g/mol. The Hall–Kier alpha value is -2.62. The van der Waals surface area contributed by atoms with E-state index in [-0.39, 0.29) is 16.5 Å². The number of nitrogens with one attached hydrogen (secondary N) is 1. The number of fused-ring (bicyclic) bond motifs is 1. The average Bonchev–Trinajstić information content (AvgIpc) is 2.74. The first-order valence-corrected chi connectivity index (χ1v) is 5.77. The third-order valence-corrected chi connectivity index (χ3v) is 3.11. The van der Waals surface area contributed by atoms with Crippen LogP contribution >= 0.6 is 11.3 Å². The van der Waals surface area contributed by atoms with Crippen molar-refractivity contribution in [1.29, 1.82) is 0 Å². The normalized spacial score (nSPS) is 11.0. The molecule has 0 bridgehead atoms. The standard InChI is InChI=1S/C9H5FN6O2S/c10-3-1-16(9(18)15-6(3)17)5-4-7(13-2-12-5)19-8(11)14-4/h1-2H,(H2,11,14)(H,15,17,18). The Kier molecular flexibility index (Phi) is 2.38. The zero-order chi connectivity index (χ0) is 13.6. The third-order valence-electron chi connectivity index (χ3n) is 2.32. The van der Waals surface area contributed by atoms with Crippen LogP contribution in [0, 0.1) is 5.82 Å². The van der Waals surface area contributed by atoms with Gasteiger partial charge in [-0.05, 0) is 0 Å². The van der Waals surface area contributed by atoms with Gasteiger partial charge in [0.2, 0.25) is 5.82 Å². The summed E-state index contributed by atoms with van der Waals surface area (Å²) in [5, 5.41) is 0.245. The molecule has 0 atom stereocenters. The second kappa shape index (κ2) is 3.95. The lowest BCUT2D eigenvalue weighted by Crippen LogP contribution is -2.31. The first kappa shape index (κ1) is 11.5. The summed E-state index contributed by atoms with van der Waals surface area (Å²) in [6.07, 6.45) is 1.95. The van der Waals surface area contributed by atoms with E-state index in [4.69, 9.17) is 5.73 Å². The minimum Gasteiger partial charge on any atom is -0.375 e. The smallest absolute Gasteiger partial charge is 0.334 e. The SMILES string of the molecule is Nc1nc2c(-n3cc(F)c(=O)[nH]c3=O)ncnc2s1. The van der Waals surface area contributed by atoms with Gasteiger partial charge in [-0.25, -0.2) is 24.3 Å². The van der Waals surface area contributed by atoms with Crippen molar-refractivity contribution in [2.75, 3.05) is 5.73 Å². The minimum atomic E-state index is -1.10. The van der Waals surface area contributed by atoms with Crippen molar-refractivity contribution in [3.8, 4) is 5.82 Å². The molecular formula is C9H5FN6O2S. The molecule has 0 radical (unpaired) electrons. The summed E-state index contributed by atoms with van der Waals surface area (Å²) in [4.78, 5) is 36.7. The van der Waals surface area contributed by atoms with Crippen molar-refractivity contribution in [3.63, 3.8) is 0 Å². The summed E-state index contributed by atoms with van der Waals surface area (Å²) in [5.74, 6) is -1.05. The lowest BCUT2D eigenvalue weighted by molar-refractivity contribution is 0.585. The molecule has 0 aromatic carbocycles. The number of thiazole rings is 1. The molecule has 0 fully saturated rings. The monoisotopic (exact) mass is 280 g/mol. The van der Waals surface area contributed by atoms with Crippen LogP contribution in [-0.4, -0.2) is 24.5 Å². The molecule has 8 nitrogen and oxygen atoms in total. The van der Waals surface area contributed by atoms with Crippen molar-refractivity contribution in [2.24, 2.45) is 0 Å². The lowest BCUT2D eigenvalue weighted by atomic mass is 10.5. The maximum absolute atomic E-state index is 13.3. The third kappa shape index (κ3) is 1.78. The molecule has 0 unspecified atom stereocenters. The van der Waals surface area contributed by atoms with E-state index in [1.54, 1.807) is 0 Å². The van der Waals surface area contributed by atoms with Crippen LogP contribution in [0.1, 0.15) is 0 Å². The van der Waals surface area contributed by atoms with Gasteiger partial charge in [0, 0.05) is 0 Å². The Morgan fingerprint density at radius 2 is 2.16 bits per heavy atom. The second-order valence-electron chi connectivity index (χ2n) is 3.51. The van der Waals surface area contributed by atoms with Gasteiger partial charge in [-0.1, -0.05) is 11.3 Å². The summed E-state index contributed by atoms with van der Waals surface area (Å²) in [6, 6.07) is 0. The molecule has 0 aliphatic carbocycles.